The highest BCUT2D eigenvalue weighted by atomic mass is 15.2. The molecule has 0 spiro atoms. The van der Waals surface area contributed by atoms with Crippen LogP contribution >= 0.6 is 0 Å². The molecule has 0 saturated carbocycles. The van der Waals surface area contributed by atoms with Crippen LogP contribution in [0.3, 0.4) is 0 Å². The second-order valence-electron chi connectivity index (χ2n) is 4.47. The molecule has 1 aromatic rings. The fourth-order valence-corrected chi connectivity index (χ4v) is 2.09. The van der Waals surface area contributed by atoms with E-state index in [9.17, 15) is 0 Å². The third-order valence-electron chi connectivity index (χ3n) is 2.86. The Labute approximate surface area is 97.0 Å². The molecule has 86 valence electrons. The summed E-state index contributed by atoms with van der Waals surface area (Å²) in [7, 11) is 2.09. The van der Waals surface area contributed by atoms with Crippen LogP contribution < -0.4 is 5.73 Å². The van der Waals surface area contributed by atoms with E-state index in [-0.39, 0.29) is 6.04 Å². The van der Waals surface area contributed by atoms with Gasteiger partial charge in [-0.3, -0.25) is 4.99 Å². The molecule has 0 aliphatic carbocycles. The summed E-state index contributed by atoms with van der Waals surface area (Å²) in [6.07, 6.45) is 0.906. The Kier molecular flexibility index (Phi) is 3.25. The molecular formula is C13H19N3. The van der Waals surface area contributed by atoms with Crippen molar-refractivity contribution < 1.29 is 0 Å². The summed E-state index contributed by atoms with van der Waals surface area (Å²) in [6.45, 7) is 3.96. The number of nitrogens with two attached hydrogens (primary N) is 1. The first-order valence-electron chi connectivity index (χ1n) is 5.78. The smallest absolute Gasteiger partial charge is 0.131 e. The summed E-state index contributed by atoms with van der Waals surface area (Å²) in [6, 6.07) is 8.60. The highest BCUT2D eigenvalue weighted by molar-refractivity contribution is 6.00. The van der Waals surface area contributed by atoms with Gasteiger partial charge >= 0.3 is 0 Å². The van der Waals surface area contributed by atoms with E-state index < -0.39 is 0 Å². The first kappa shape index (κ1) is 11.1. The predicted molar refractivity (Wildman–Crippen MR) is 67.8 cm³/mol. The van der Waals surface area contributed by atoms with Crippen molar-refractivity contribution in [2.45, 2.75) is 19.4 Å². The minimum Gasteiger partial charge on any atom is -0.358 e. The van der Waals surface area contributed by atoms with Crippen molar-refractivity contribution >= 4 is 5.84 Å². The predicted octanol–water partition coefficient (Wildman–Crippen LogP) is 1.27. The first-order valence-corrected chi connectivity index (χ1v) is 5.78. The molecule has 0 fully saturated rings. The Morgan fingerprint density at radius 2 is 2.19 bits per heavy atom. The van der Waals surface area contributed by atoms with E-state index in [4.69, 9.17) is 5.73 Å². The normalized spacial score (nSPS) is 17.4. The van der Waals surface area contributed by atoms with Gasteiger partial charge in [0.15, 0.2) is 0 Å². The minimum absolute atomic E-state index is 0.188. The van der Waals surface area contributed by atoms with Crippen LogP contribution in [-0.2, 0) is 6.42 Å². The van der Waals surface area contributed by atoms with Gasteiger partial charge < -0.3 is 10.6 Å². The van der Waals surface area contributed by atoms with E-state index in [1.54, 1.807) is 0 Å². The third-order valence-corrected chi connectivity index (χ3v) is 2.86. The molecule has 1 heterocycles. The molecule has 0 saturated heterocycles. The van der Waals surface area contributed by atoms with Crippen LogP contribution in [0.1, 0.15) is 18.1 Å². The maximum Gasteiger partial charge on any atom is 0.131 e. The molecule has 1 atom stereocenters. The zero-order chi connectivity index (χ0) is 11.5. The van der Waals surface area contributed by atoms with Crippen LogP contribution in [0.25, 0.3) is 0 Å². The number of benzene rings is 1. The average molecular weight is 217 g/mol. The van der Waals surface area contributed by atoms with Gasteiger partial charge in [-0.25, -0.2) is 0 Å². The number of hydrogen-bond acceptors (Lipinski definition) is 3. The number of amidine groups is 1. The van der Waals surface area contributed by atoms with Gasteiger partial charge in [0, 0.05) is 25.2 Å². The van der Waals surface area contributed by atoms with Crippen molar-refractivity contribution in [1.29, 1.82) is 0 Å². The van der Waals surface area contributed by atoms with E-state index in [0.29, 0.717) is 0 Å². The Bertz CT molecular complexity index is 396. The Balaban J connectivity index is 2.32. The summed E-state index contributed by atoms with van der Waals surface area (Å²) >= 11 is 0. The van der Waals surface area contributed by atoms with Crippen molar-refractivity contribution in [1.82, 2.24) is 4.90 Å². The van der Waals surface area contributed by atoms with Crippen LogP contribution in [0.5, 0.6) is 0 Å². The number of rotatable bonds is 3. The van der Waals surface area contributed by atoms with Gasteiger partial charge in [-0.15, -0.1) is 0 Å². The van der Waals surface area contributed by atoms with Crippen molar-refractivity contribution in [2.75, 3.05) is 20.1 Å². The summed E-state index contributed by atoms with van der Waals surface area (Å²) in [5.41, 5.74) is 8.41. The first-order chi connectivity index (χ1) is 7.68. The average Bonchev–Trinajstić information content (AvgIpc) is 2.64. The standard InChI is InChI=1S/C13H19N3/c1-10(14)9-11-5-3-4-6-12(11)13-15-7-8-16(13)2/h3-6,10H,7-9,14H2,1-2H3. The Morgan fingerprint density at radius 1 is 1.44 bits per heavy atom. The molecule has 16 heavy (non-hydrogen) atoms. The van der Waals surface area contributed by atoms with E-state index in [1.807, 2.05) is 6.92 Å². The zero-order valence-electron chi connectivity index (χ0n) is 9.98. The van der Waals surface area contributed by atoms with Crippen LogP contribution in [0.4, 0.5) is 0 Å². The van der Waals surface area contributed by atoms with Crippen molar-refractivity contribution in [3.05, 3.63) is 35.4 Å². The molecule has 2 N–H and O–H groups in total. The van der Waals surface area contributed by atoms with E-state index in [1.165, 1.54) is 11.1 Å². The number of aliphatic imine (C=N–C) groups is 1. The second kappa shape index (κ2) is 4.66. The molecule has 3 nitrogen and oxygen atoms in total. The van der Waals surface area contributed by atoms with E-state index >= 15 is 0 Å². The summed E-state index contributed by atoms with van der Waals surface area (Å²) in [5.74, 6) is 1.11. The van der Waals surface area contributed by atoms with Gasteiger partial charge in [0.05, 0.1) is 6.54 Å². The summed E-state index contributed by atoms with van der Waals surface area (Å²) in [4.78, 5) is 6.77. The lowest BCUT2D eigenvalue weighted by molar-refractivity contribution is 0.556. The minimum atomic E-state index is 0.188. The highest BCUT2D eigenvalue weighted by Crippen LogP contribution is 2.16. The van der Waals surface area contributed by atoms with Gasteiger partial charge in [0.1, 0.15) is 5.84 Å². The molecule has 0 radical (unpaired) electrons. The molecule has 0 aromatic heterocycles. The van der Waals surface area contributed by atoms with Crippen molar-refractivity contribution in [3.63, 3.8) is 0 Å². The lowest BCUT2D eigenvalue weighted by Crippen LogP contribution is -2.26. The maximum atomic E-state index is 5.87. The van der Waals surface area contributed by atoms with Crippen LogP contribution in [0.2, 0.25) is 0 Å². The van der Waals surface area contributed by atoms with Gasteiger partial charge in [-0.1, -0.05) is 24.3 Å². The number of nitrogens with zero attached hydrogens (tertiary/aromatic N) is 2. The molecule has 0 amide bonds. The monoisotopic (exact) mass is 217 g/mol. The van der Waals surface area contributed by atoms with Gasteiger partial charge in [-0.05, 0) is 18.9 Å². The quantitative estimate of drug-likeness (QED) is 0.828. The second-order valence-corrected chi connectivity index (χ2v) is 4.47. The SMILES string of the molecule is CC(N)Cc1ccccc1C1=NCCN1C. The molecule has 1 aromatic carbocycles. The van der Waals surface area contributed by atoms with Crippen LogP contribution in [0, 0.1) is 0 Å². The molecule has 2 rings (SSSR count). The molecular weight excluding hydrogens is 198 g/mol. The van der Waals surface area contributed by atoms with Crippen molar-refractivity contribution in [3.8, 4) is 0 Å². The van der Waals surface area contributed by atoms with E-state index in [2.05, 4.69) is 41.2 Å². The fraction of sp³-hybridized carbons (Fsp3) is 0.462. The lowest BCUT2D eigenvalue weighted by Gasteiger charge is -2.17. The maximum absolute atomic E-state index is 5.87. The van der Waals surface area contributed by atoms with Gasteiger partial charge in [0.25, 0.3) is 0 Å². The Hall–Kier alpha value is -1.35. The highest BCUT2D eigenvalue weighted by Gasteiger charge is 2.17. The molecule has 3 heteroatoms. The molecule has 0 bridgehead atoms. The lowest BCUT2D eigenvalue weighted by atomic mass is 10.0. The zero-order valence-corrected chi connectivity index (χ0v) is 9.98. The Morgan fingerprint density at radius 3 is 2.81 bits per heavy atom. The molecule has 1 aliphatic heterocycles. The number of hydrogen-bond donors (Lipinski definition) is 1. The third kappa shape index (κ3) is 2.25. The molecule has 1 unspecified atom stereocenters. The molecule has 1 aliphatic rings. The van der Waals surface area contributed by atoms with Crippen LogP contribution in [-0.4, -0.2) is 36.9 Å². The van der Waals surface area contributed by atoms with Crippen LogP contribution in [0.15, 0.2) is 29.3 Å². The van der Waals surface area contributed by atoms with E-state index in [0.717, 1.165) is 25.3 Å². The largest absolute Gasteiger partial charge is 0.358 e. The van der Waals surface area contributed by atoms with Gasteiger partial charge in [0.2, 0.25) is 0 Å². The fourth-order valence-electron chi connectivity index (χ4n) is 2.09. The number of likely N-dealkylation sites (N-methyl/N-ethyl adjacent to an activating group) is 1. The van der Waals surface area contributed by atoms with Crippen molar-refractivity contribution in [2.24, 2.45) is 10.7 Å². The topological polar surface area (TPSA) is 41.6 Å². The summed E-state index contributed by atoms with van der Waals surface area (Å²) in [5, 5.41) is 0. The van der Waals surface area contributed by atoms with Gasteiger partial charge in [-0.2, -0.15) is 0 Å². The summed E-state index contributed by atoms with van der Waals surface area (Å²) < 4.78 is 0.